The number of nitrogens with zero attached hydrogens (tertiary/aromatic N) is 2. The number of anilines is 2. The molecule has 2 aromatic rings. The van der Waals surface area contributed by atoms with Crippen LogP contribution in [0.2, 0.25) is 0 Å². The quantitative estimate of drug-likeness (QED) is 0.818. The lowest BCUT2D eigenvalue weighted by atomic mass is 10.3. The average molecular weight is 219 g/mol. The molecule has 2 aromatic heterocycles. The molecule has 16 heavy (non-hydrogen) atoms. The molecule has 0 aromatic carbocycles. The minimum atomic E-state index is -1.13. The molecule has 0 bridgehead atoms. The maximum Gasteiger partial charge on any atom is 0.357 e. The molecule has 6 nitrogen and oxygen atoms in total. The maximum atomic E-state index is 10.5. The van der Waals surface area contributed by atoms with Gasteiger partial charge >= 0.3 is 5.97 Å². The summed E-state index contributed by atoms with van der Waals surface area (Å²) in [6.45, 7) is 1.87. The molecule has 0 radical (unpaired) electrons. The molecule has 0 saturated carbocycles. The second-order valence-electron chi connectivity index (χ2n) is 3.16. The number of hydrogen-bond acceptors (Lipinski definition) is 5. The highest BCUT2D eigenvalue weighted by molar-refractivity contribution is 5.85. The Balaban J connectivity index is 2.14. The largest absolute Gasteiger partial charge is 0.476 e. The molecule has 6 heteroatoms. The number of oxazole rings is 1. The summed E-state index contributed by atoms with van der Waals surface area (Å²) in [5.74, 6) is -1.13. The average Bonchev–Trinajstić information content (AvgIpc) is 2.70. The van der Waals surface area contributed by atoms with Crippen molar-refractivity contribution < 1.29 is 14.3 Å². The molecular weight excluding hydrogens is 210 g/mol. The molecule has 0 atom stereocenters. The number of carboxylic acids is 1. The van der Waals surface area contributed by atoms with Gasteiger partial charge in [0.1, 0.15) is 6.26 Å². The van der Waals surface area contributed by atoms with Crippen LogP contribution >= 0.6 is 0 Å². The van der Waals surface area contributed by atoms with Crippen LogP contribution in [-0.2, 0) is 0 Å². The van der Waals surface area contributed by atoms with Crippen molar-refractivity contribution in [1.29, 1.82) is 0 Å². The number of aryl methyl sites for hydroxylation is 1. The van der Waals surface area contributed by atoms with Gasteiger partial charge in [-0.1, -0.05) is 0 Å². The molecule has 0 saturated heterocycles. The predicted octanol–water partition coefficient (Wildman–Crippen LogP) is 1.82. The van der Waals surface area contributed by atoms with Crippen LogP contribution in [0.5, 0.6) is 0 Å². The Labute approximate surface area is 91.0 Å². The summed E-state index contributed by atoms with van der Waals surface area (Å²) in [6.07, 6.45) is 2.69. The van der Waals surface area contributed by atoms with Crippen molar-refractivity contribution in [2.45, 2.75) is 6.92 Å². The Morgan fingerprint density at radius 3 is 2.88 bits per heavy atom. The van der Waals surface area contributed by atoms with Crippen LogP contribution in [0.1, 0.15) is 16.2 Å². The van der Waals surface area contributed by atoms with Crippen molar-refractivity contribution in [1.82, 2.24) is 9.97 Å². The van der Waals surface area contributed by atoms with Crippen molar-refractivity contribution in [2.75, 3.05) is 5.32 Å². The first kappa shape index (κ1) is 10.2. The van der Waals surface area contributed by atoms with Crippen LogP contribution in [0.15, 0.2) is 29.0 Å². The number of aromatic nitrogens is 2. The molecule has 0 aliphatic carbocycles. The zero-order valence-corrected chi connectivity index (χ0v) is 8.47. The normalized spacial score (nSPS) is 10.1. The van der Waals surface area contributed by atoms with Crippen LogP contribution in [0.3, 0.4) is 0 Å². The number of nitrogens with one attached hydrogen (secondary N) is 1. The van der Waals surface area contributed by atoms with E-state index in [0.29, 0.717) is 5.69 Å². The van der Waals surface area contributed by atoms with Gasteiger partial charge in [0.25, 0.3) is 6.01 Å². The van der Waals surface area contributed by atoms with E-state index in [9.17, 15) is 4.79 Å². The van der Waals surface area contributed by atoms with Gasteiger partial charge in [0.15, 0.2) is 5.69 Å². The number of aromatic carboxylic acids is 1. The maximum absolute atomic E-state index is 10.5. The zero-order chi connectivity index (χ0) is 11.5. The van der Waals surface area contributed by atoms with Gasteiger partial charge in [-0.25, -0.2) is 4.79 Å². The second kappa shape index (κ2) is 4.01. The lowest BCUT2D eigenvalue weighted by Gasteiger charge is -2.00. The zero-order valence-electron chi connectivity index (χ0n) is 8.47. The fourth-order valence-electron chi connectivity index (χ4n) is 1.09. The van der Waals surface area contributed by atoms with E-state index in [1.165, 1.54) is 0 Å². The van der Waals surface area contributed by atoms with E-state index >= 15 is 0 Å². The monoisotopic (exact) mass is 219 g/mol. The molecule has 0 spiro atoms. The molecule has 2 rings (SSSR count). The van der Waals surface area contributed by atoms with E-state index in [4.69, 9.17) is 9.52 Å². The number of carboxylic acid groups (broad SMARTS) is 1. The van der Waals surface area contributed by atoms with Crippen molar-refractivity contribution in [2.24, 2.45) is 0 Å². The molecular formula is C10H9N3O3. The van der Waals surface area contributed by atoms with Crippen LogP contribution in [0.25, 0.3) is 0 Å². The summed E-state index contributed by atoms with van der Waals surface area (Å²) in [7, 11) is 0. The Morgan fingerprint density at radius 2 is 2.31 bits per heavy atom. The SMILES string of the molecule is Cc1ccc(Nc2nc(C(=O)O)co2)cn1. The van der Waals surface area contributed by atoms with Gasteiger partial charge in [-0.05, 0) is 19.1 Å². The van der Waals surface area contributed by atoms with Crippen LogP contribution in [0.4, 0.5) is 11.7 Å². The first-order valence-corrected chi connectivity index (χ1v) is 4.53. The summed E-state index contributed by atoms with van der Waals surface area (Å²) in [5.41, 5.74) is 1.44. The number of rotatable bonds is 3. The number of pyridine rings is 1. The van der Waals surface area contributed by atoms with Gasteiger partial charge in [-0.2, -0.15) is 4.98 Å². The van der Waals surface area contributed by atoms with E-state index in [1.54, 1.807) is 12.3 Å². The Hall–Kier alpha value is -2.37. The van der Waals surface area contributed by atoms with E-state index in [0.717, 1.165) is 12.0 Å². The van der Waals surface area contributed by atoms with E-state index < -0.39 is 5.97 Å². The van der Waals surface area contributed by atoms with Crippen LogP contribution < -0.4 is 5.32 Å². The molecule has 0 aliphatic heterocycles. The van der Waals surface area contributed by atoms with E-state index in [1.807, 2.05) is 13.0 Å². The van der Waals surface area contributed by atoms with Gasteiger partial charge < -0.3 is 14.8 Å². The Bertz CT molecular complexity index is 504. The molecule has 2 heterocycles. The molecule has 0 unspecified atom stereocenters. The molecule has 2 N–H and O–H groups in total. The lowest BCUT2D eigenvalue weighted by molar-refractivity contribution is 0.0690. The molecule has 0 aliphatic rings. The van der Waals surface area contributed by atoms with Crippen LogP contribution in [-0.4, -0.2) is 21.0 Å². The first-order chi connectivity index (χ1) is 7.65. The van der Waals surface area contributed by atoms with Gasteiger partial charge in [0, 0.05) is 5.69 Å². The highest BCUT2D eigenvalue weighted by atomic mass is 16.4. The van der Waals surface area contributed by atoms with Gasteiger partial charge in [-0.15, -0.1) is 0 Å². The second-order valence-corrected chi connectivity index (χ2v) is 3.16. The summed E-state index contributed by atoms with van der Waals surface area (Å²) in [4.78, 5) is 18.3. The minimum absolute atomic E-state index is 0.128. The standard InChI is InChI=1S/C10H9N3O3/c1-6-2-3-7(4-11-6)12-10-13-8(5-16-10)9(14)15/h2-5H,1H3,(H,12,13)(H,14,15). The Kier molecular flexibility index (Phi) is 2.55. The molecule has 0 fully saturated rings. The first-order valence-electron chi connectivity index (χ1n) is 4.53. The predicted molar refractivity (Wildman–Crippen MR) is 55.7 cm³/mol. The molecule has 82 valence electrons. The summed E-state index contributed by atoms with van der Waals surface area (Å²) in [5, 5.41) is 11.4. The minimum Gasteiger partial charge on any atom is -0.476 e. The summed E-state index contributed by atoms with van der Waals surface area (Å²) in [6, 6.07) is 3.75. The fourth-order valence-corrected chi connectivity index (χ4v) is 1.09. The highest BCUT2D eigenvalue weighted by Crippen LogP contribution is 2.15. The number of carbonyl (C=O) groups is 1. The Morgan fingerprint density at radius 1 is 1.50 bits per heavy atom. The van der Waals surface area contributed by atoms with Gasteiger partial charge in [0.2, 0.25) is 0 Å². The fraction of sp³-hybridized carbons (Fsp3) is 0.100. The van der Waals surface area contributed by atoms with Gasteiger partial charge in [-0.3, -0.25) is 4.98 Å². The third kappa shape index (κ3) is 2.17. The lowest BCUT2D eigenvalue weighted by Crippen LogP contribution is -1.97. The topological polar surface area (TPSA) is 88.2 Å². The highest BCUT2D eigenvalue weighted by Gasteiger charge is 2.10. The summed E-state index contributed by atoms with van der Waals surface area (Å²) >= 11 is 0. The van der Waals surface area contributed by atoms with Crippen molar-refractivity contribution in [3.05, 3.63) is 36.0 Å². The van der Waals surface area contributed by atoms with E-state index in [2.05, 4.69) is 15.3 Å². The van der Waals surface area contributed by atoms with Gasteiger partial charge in [0.05, 0.1) is 11.9 Å². The van der Waals surface area contributed by atoms with Crippen molar-refractivity contribution >= 4 is 17.7 Å². The van der Waals surface area contributed by atoms with Crippen molar-refractivity contribution in [3.8, 4) is 0 Å². The van der Waals surface area contributed by atoms with Crippen LogP contribution in [0, 0.1) is 6.92 Å². The number of hydrogen-bond donors (Lipinski definition) is 2. The van der Waals surface area contributed by atoms with Crippen molar-refractivity contribution in [3.63, 3.8) is 0 Å². The third-order valence-corrected chi connectivity index (χ3v) is 1.89. The molecule has 0 amide bonds. The summed E-state index contributed by atoms with van der Waals surface area (Å²) < 4.78 is 4.93. The van der Waals surface area contributed by atoms with E-state index in [-0.39, 0.29) is 11.7 Å². The smallest absolute Gasteiger partial charge is 0.357 e. The third-order valence-electron chi connectivity index (χ3n) is 1.89.